The van der Waals surface area contributed by atoms with Gasteiger partial charge >= 0.3 is 6.03 Å². The van der Waals surface area contributed by atoms with E-state index in [0.29, 0.717) is 30.9 Å². The fraction of sp³-hybridized carbons (Fsp3) is 0.333. The number of nitrogens with one attached hydrogen (secondary N) is 3. The third-order valence-electron chi connectivity index (χ3n) is 3.56. The van der Waals surface area contributed by atoms with Gasteiger partial charge in [-0.2, -0.15) is 0 Å². The van der Waals surface area contributed by atoms with Crippen LogP contribution in [0.15, 0.2) is 30.9 Å². The molecule has 1 fully saturated rings. The molecule has 3 amide bonds. The molecule has 1 aliphatic rings. The van der Waals surface area contributed by atoms with Gasteiger partial charge in [-0.1, -0.05) is 6.08 Å². The first-order valence-corrected chi connectivity index (χ1v) is 8.55. The summed E-state index contributed by atoms with van der Waals surface area (Å²) in [5, 5.41) is 5.36. The standard InChI is InChI=1S/C15H20N4O5S/c1-3-6-16-15(21)17-11-8-19(9-11)14(20)10-4-5-12(18-25(22)23)13(7-10)24-2/h3-5,7,11,18H,1,6,8-9H2,2H3,(H,22,23)(H2,16,17,21). The van der Waals surface area contributed by atoms with Crippen molar-refractivity contribution >= 4 is 28.9 Å². The summed E-state index contributed by atoms with van der Waals surface area (Å²) < 4.78 is 27.2. The van der Waals surface area contributed by atoms with Gasteiger partial charge in [-0.15, -0.1) is 6.58 Å². The quantitative estimate of drug-likeness (QED) is 0.414. The molecule has 1 aliphatic heterocycles. The minimum atomic E-state index is -2.24. The Morgan fingerprint density at radius 3 is 2.80 bits per heavy atom. The van der Waals surface area contributed by atoms with E-state index >= 15 is 0 Å². The Balaban J connectivity index is 1.93. The van der Waals surface area contributed by atoms with Crippen LogP contribution in [0, 0.1) is 0 Å². The molecule has 2 rings (SSSR count). The van der Waals surface area contributed by atoms with Crippen LogP contribution in [-0.2, 0) is 11.3 Å². The number of urea groups is 1. The minimum absolute atomic E-state index is 0.103. The molecule has 9 nitrogen and oxygen atoms in total. The normalized spacial score (nSPS) is 14.9. The first-order chi connectivity index (χ1) is 11.9. The molecule has 1 aromatic rings. The van der Waals surface area contributed by atoms with Crippen LogP contribution in [0.3, 0.4) is 0 Å². The molecule has 1 heterocycles. The van der Waals surface area contributed by atoms with Crippen LogP contribution in [0.25, 0.3) is 0 Å². The Bertz CT molecular complexity index is 690. The number of anilines is 1. The molecule has 0 spiro atoms. The Labute approximate surface area is 147 Å². The number of nitrogens with zero attached hydrogens (tertiary/aromatic N) is 1. The van der Waals surface area contributed by atoms with Crippen molar-refractivity contribution in [2.24, 2.45) is 0 Å². The average Bonchev–Trinajstić information content (AvgIpc) is 2.55. The number of amides is 3. The monoisotopic (exact) mass is 368 g/mol. The SMILES string of the molecule is C=CCNC(=O)NC1CN(C(=O)c2ccc(NS(=O)O)c(OC)c2)C1. The van der Waals surface area contributed by atoms with Crippen molar-refractivity contribution in [3.05, 3.63) is 36.4 Å². The second-order valence-electron chi connectivity index (χ2n) is 5.32. The topological polar surface area (TPSA) is 120 Å². The van der Waals surface area contributed by atoms with Crippen LogP contribution in [0.4, 0.5) is 10.5 Å². The largest absolute Gasteiger partial charge is 0.495 e. The van der Waals surface area contributed by atoms with Crippen LogP contribution < -0.4 is 20.1 Å². The molecule has 0 bridgehead atoms. The fourth-order valence-corrected chi connectivity index (χ4v) is 2.68. The fourth-order valence-electron chi connectivity index (χ4n) is 2.32. The van der Waals surface area contributed by atoms with E-state index in [9.17, 15) is 13.8 Å². The van der Waals surface area contributed by atoms with Gasteiger partial charge in [-0.25, -0.2) is 9.00 Å². The molecule has 136 valence electrons. The van der Waals surface area contributed by atoms with Gasteiger partial charge in [0.1, 0.15) is 5.75 Å². The smallest absolute Gasteiger partial charge is 0.315 e. The average molecular weight is 368 g/mol. The lowest BCUT2D eigenvalue weighted by molar-refractivity contribution is 0.0577. The zero-order valence-corrected chi connectivity index (χ0v) is 14.5. The number of hydrogen-bond acceptors (Lipinski definition) is 4. The van der Waals surface area contributed by atoms with Gasteiger partial charge in [0, 0.05) is 25.2 Å². The van der Waals surface area contributed by atoms with E-state index in [1.165, 1.54) is 25.3 Å². The number of rotatable bonds is 7. The van der Waals surface area contributed by atoms with Gasteiger partial charge in [0.25, 0.3) is 17.2 Å². The lowest BCUT2D eigenvalue weighted by atomic mass is 10.1. The molecular weight excluding hydrogens is 348 g/mol. The number of hydrogen-bond donors (Lipinski definition) is 4. The van der Waals surface area contributed by atoms with Gasteiger partial charge in [0.15, 0.2) is 0 Å². The van der Waals surface area contributed by atoms with Crippen LogP contribution in [-0.4, -0.2) is 58.4 Å². The molecule has 1 aromatic carbocycles. The lowest BCUT2D eigenvalue weighted by Gasteiger charge is -2.39. The highest BCUT2D eigenvalue weighted by Crippen LogP contribution is 2.27. The summed E-state index contributed by atoms with van der Waals surface area (Å²) >= 11 is -2.24. The Hall–Kier alpha value is -2.59. The number of carbonyl (C=O) groups excluding carboxylic acids is 2. The Morgan fingerprint density at radius 2 is 2.20 bits per heavy atom. The number of likely N-dealkylation sites (tertiary alicyclic amines) is 1. The predicted molar refractivity (Wildman–Crippen MR) is 93.8 cm³/mol. The first kappa shape index (κ1) is 18.7. The lowest BCUT2D eigenvalue weighted by Crippen LogP contribution is -2.62. The highest BCUT2D eigenvalue weighted by Gasteiger charge is 2.32. The van der Waals surface area contributed by atoms with Gasteiger partial charge in [0.2, 0.25) is 0 Å². The number of ether oxygens (including phenoxy) is 1. The third kappa shape index (κ3) is 4.94. The molecule has 0 radical (unpaired) electrons. The zero-order chi connectivity index (χ0) is 18.4. The number of carbonyl (C=O) groups is 2. The predicted octanol–water partition coefficient (Wildman–Crippen LogP) is 0.553. The van der Waals surface area contributed by atoms with E-state index < -0.39 is 11.3 Å². The minimum Gasteiger partial charge on any atom is -0.495 e. The van der Waals surface area contributed by atoms with Crippen LogP contribution in [0.1, 0.15) is 10.4 Å². The van der Waals surface area contributed by atoms with Crippen molar-refractivity contribution < 1.29 is 23.1 Å². The maximum atomic E-state index is 12.4. The van der Waals surface area contributed by atoms with E-state index in [2.05, 4.69) is 21.9 Å². The van der Waals surface area contributed by atoms with Gasteiger partial charge in [-0.05, 0) is 18.2 Å². The maximum Gasteiger partial charge on any atom is 0.315 e. The van der Waals surface area contributed by atoms with Gasteiger partial charge < -0.3 is 20.3 Å². The van der Waals surface area contributed by atoms with Crippen LogP contribution in [0.2, 0.25) is 0 Å². The Morgan fingerprint density at radius 1 is 1.48 bits per heavy atom. The van der Waals surface area contributed by atoms with E-state index in [1.807, 2.05) is 0 Å². The molecule has 10 heteroatoms. The summed E-state index contributed by atoms with van der Waals surface area (Å²) in [4.78, 5) is 25.5. The van der Waals surface area contributed by atoms with E-state index in [0.717, 1.165) is 0 Å². The van der Waals surface area contributed by atoms with E-state index in [4.69, 9.17) is 9.29 Å². The first-order valence-electron chi connectivity index (χ1n) is 7.44. The van der Waals surface area contributed by atoms with Crippen molar-refractivity contribution in [3.63, 3.8) is 0 Å². The summed E-state index contributed by atoms with van der Waals surface area (Å²) in [6.45, 7) is 4.70. The zero-order valence-electron chi connectivity index (χ0n) is 13.7. The number of benzene rings is 1. The summed E-state index contributed by atoms with van der Waals surface area (Å²) in [7, 11) is 1.40. The van der Waals surface area contributed by atoms with Crippen molar-refractivity contribution in [2.45, 2.75) is 6.04 Å². The summed E-state index contributed by atoms with van der Waals surface area (Å²) in [6, 6.07) is 4.13. The molecule has 1 atom stereocenters. The van der Waals surface area contributed by atoms with Crippen LogP contribution >= 0.6 is 0 Å². The van der Waals surface area contributed by atoms with Crippen molar-refractivity contribution in [3.8, 4) is 5.75 Å². The van der Waals surface area contributed by atoms with Crippen molar-refractivity contribution in [1.29, 1.82) is 0 Å². The second-order valence-corrected chi connectivity index (χ2v) is 6.02. The van der Waals surface area contributed by atoms with Crippen molar-refractivity contribution in [2.75, 3.05) is 31.5 Å². The summed E-state index contributed by atoms with van der Waals surface area (Å²) in [6.07, 6.45) is 1.58. The molecule has 0 aliphatic carbocycles. The summed E-state index contributed by atoms with van der Waals surface area (Å²) in [5.74, 6) is 0.0757. The Kier molecular flexibility index (Phi) is 6.37. The maximum absolute atomic E-state index is 12.4. The van der Waals surface area contributed by atoms with Crippen molar-refractivity contribution in [1.82, 2.24) is 15.5 Å². The van der Waals surface area contributed by atoms with Gasteiger partial charge in [0.05, 0.1) is 18.8 Å². The van der Waals surface area contributed by atoms with Crippen LogP contribution in [0.5, 0.6) is 5.75 Å². The molecule has 1 unspecified atom stereocenters. The second kappa shape index (κ2) is 8.49. The highest BCUT2D eigenvalue weighted by atomic mass is 32.2. The number of methoxy groups -OCH3 is 1. The molecular formula is C15H20N4O5S. The van der Waals surface area contributed by atoms with E-state index in [1.54, 1.807) is 11.0 Å². The van der Waals surface area contributed by atoms with Gasteiger partial charge in [-0.3, -0.25) is 14.1 Å². The molecule has 0 saturated carbocycles. The highest BCUT2D eigenvalue weighted by molar-refractivity contribution is 7.80. The molecule has 4 N–H and O–H groups in total. The molecule has 0 aromatic heterocycles. The molecule has 1 saturated heterocycles. The van der Waals surface area contributed by atoms with E-state index in [-0.39, 0.29) is 23.7 Å². The summed E-state index contributed by atoms with van der Waals surface area (Å²) in [5.41, 5.74) is 0.697. The molecule has 25 heavy (non-hydrogen) atoms. The third-order valence-corrected chi connectivity index (χ3v) is 3.95.